The van der Waals surface area contributed by atoms with Crippen molar-refractivity contribution in [3.63, 3.8) is 0 Å². The number of nitriles is 1. The third-order valence-electron chi connectivity index (χ3n) is 1.51. The first-order chi connectivity index (χ1) is 6.20. The summed E-state index contributed by atoms with van der Waals surface area (Å²) < 4.78 is 0.842. The maximum Gasteiger partial charge on any atom is 0.195 e. The summed E-state index contributed by atoms with van der Waals surface area (Å²) in [6, 6.07) is 5.34. The molecule has 0 spiro atoms. The van der Waals surface area contributed by atoms with Gasteiger partial charge in [0.05, 0.1) is 9.72 Å². The van der Waals surface area contributed by atoms with Gasteiger partial charge in [-0.15, -0.1) is 11.3 Å². The molecule has 5 heteroatoms. The normalized spacial score (nSPS) is 10.2. The van der Waals surface area contributed by atoms with Gasteiger partial charge >= 0.3 is 0 Å². The van der Waals surface area contributed by atoms with E-state index in [9.17, 15) is 0 Å². The molecule has 0 unspecified atom stereocenters. The second-order valence-electron chi connectivity index (χ2n) is 2.37. The molecule has 0 N–H and O–H groups in total. The van der Waals surface area contributed by atoms with E-state index >= 15 is 0 Å². The van der Waals surface area contributed by atoms with E-state index < -0.39 is 0 Å². The second-order valence-corrected chi connectivity index (χ2v) is 4.24. The lowest BCUT2D eigenvalue weighted by Crippen LogP contribution is -1.72. The van der Waals surface area contributed by atoms with Crippen molar-refractivity contribution in [1.29, 1.82) is 5.26 Å². The van der Waals surface area contributed by atoms with Gasteiger partial charge in [-0.3, -0.25) is 0 Å². The SMILES string of the molecule is N#Cc1nc2c(Cl)cc(Cl)cc2s1. The Morgan fingerprint density at radius 3 is 2.85 bits per heavy atom. The molecule has 0 saturated carbocycles. The van der Waals surface area contributed by atoms with E-state index in [0.29, 0.717) is 20.6 Å². The zero-order valence-electron chi connectivity index (χ0n) is 6.21. The molecule has 0 aliphatic carbocycles. The number of halogens is 2. The molecule has 64 valence electrons. The summed E-state index contributed by atoms with van der Waals surface area (Å²) in [5, 5.41) is 10.1. The van der Waals surface area contributed by atoms with Crippen LogP contribution in [0.3, 0.4) is 0 Å². The molecule has 1 aromatic heterocycles. The number of hydrogen-bond acceptors (Lipinski definition) is 3. The Kier molecular flexibility index (Phi) is 2.12. The molecule has 0 atom stereocenters. The molecule has 1 heterocycles. The van der Waals surface area contributed by atoms with Crippen molar-refractivity contribution in [2.24, 2.45) is 0 Å². The molecule has 2 rings (SSSR count). The maximum atomic E-state index is 8.62. The summed E-state index contributed by atoms with van der Waals surface area (Å²) >= 11 is 13.0. The molecule has 1 aromatic carbocycles. The van der Waals surface area contributed by atoms with Crippen LogP contribution in [0.2, 0.25) is 10.0 Å². The standard InChI is InChI=1S/C8H2Cl2N2S/c9-4-1-5(10)8-6(2-4)13-7(3-11)12-8/h1-2H. The van der Waals surface area contributed by atoms with E-state index in [2.05, 4.69) is 4.98 Å². The highest BCUT2D eigenvalue weighted by Gasteiger charge is 2.07. The molecule has 2 nitrogen and oxygen atoms in total. The third kappa shape index (κ3) is 1.49. The smallest absolute Gasteiger partial charge is 0.195 e. The molecule has 0 radical (unpaired) electrons. The minimum absolute atomic E-state index is 0.402. The fraction of sp³-hybridized carbons (Fsp3) is 0. The van der Waals surface area contributed by atoms with Crippen molar-refractivity contribution in [1.82, 2.24) is 4.98 Å². The molecule has 0 saturated heterocycles. The van der Waals surface area contributed by atoms with Crippen LogP contribution in [0.1, 0.15) is 5.01 Å². The van der Waals surface area contributed by atoms with E-state index in [1.165, 1.54) is 11.3 Å². The number of aromatic nitrogens is 1. The number of hydrogen-bond donors (Lipinski definition) is 0. The van der Waals surface area contributed by atoms with Crippen LogP contribution in [0.25, 0.3) is 10.2 Å². The van der Waals surface area contributed by atoms with Crippen molar-refractivity contribution in [3.8, 4) is 6.07 Å². The molecular weight excluding hydrogens is 227 g/mol. The highest BCUT2D eigenvalue weighted by atomic mass is 35.5. The average molecular weight is 229 g/mol. The second kappa shape index (κ2) is 3.15. The van der Waals surface area contributed by atoms with Crippen LogP contribution < -0.4 is 0 Å². The highest BCUT2D eigenvalue weighted by molar-refractivity contribution is 7.19. The summed E-state index contributed by atoms with van der Waals surface area (Å²) in [5.41, 5.74) is 0.646. The minimum atomic E-state index is 0.402. The van der Waals surface area contributed by atoms with Crippen LogP contribution in [0, 0.1) is 11.3 Å². The van der Waals surface area contributed by atoms with E-state index in [-0.39, 0.29) is 0 Å². The molecule has 0 aliphatic heterocycles. The van der Waals surface area contributed by atoms with Gasteiger partial charge in [-0.2, -0.15) is 5.26 Å². The minimum Gasteiger partial charge on any atom is -0.224 e. The number of rotatable bonds is 0. The first kappa shape index (κ1) is 8.76. The lowest BCUT2D eigenvalue weighted by molar-refractivity contribution is 1.40. The van der Waals surface area contributed by atoms with Gasteiger partial charge in [0.2, 0.25) is 0 Å². The predicted molar refractivity (Wildman–Crippen MR) is 54.4 cm³/mol. The molecule has 0 bridgehead atoms. The Morgan fingerprint density at radius 1 is 1.38 bits per heavy atom. The Bertz CT molecular complexity index is 513. The van der Waals surface area contributed by atoms with Gasteiger partial charge in [0.15, 0.2) is 5.01 Å². The summed E-state index contributed by atoms with van der Waals surface area (Å²) in [7, 11) is 0. The van der Waals surface area contributed by atoms with Crippen LogP contribution in [0.4, 0.5) is 0 Å². The number of thiazole rings is 1. The molecular formula is C8H2Cl2N2S. The zero-order valence-corrected chi connectivity index (χ0v) is 8.54. The number of nitrogens with zero attached hydrogens (tertiary/aromatic N) is 2. The Morgan fingerprint density at radius 2 is 2.15 bits per heavy atom. The highest BCUT2D eigenvalue weighted by Crippen LogP contribution is 2.31. The van der Waals surface area contributed by atoms with Gasteiger partial charge in [0.1, 0.15) is 11.6 Å². The van der Waals surface area contributed by atoms with Crippen LogP contribution in [0.5, 0.6) is 0 Å². The van der Waals surface area contributed by atoms with Gasteiger partial charge < -0.3 is 0 Å². The van der Waals surface area contributed by atoms with Crippen LogP contribution in [-0.2, 0) is 0 Å². The van der Waals surface area contributed by atoms with E-state index in [1.54, 1.807) is 12.1 Å². The topological polar surface area (TPSA) is 36.7 Å². The molecule has 0 fully saturated rings. The maximum absolute atomic E-state index is 8.62. The van der Waals surface area contributed by atoms with E-state index in [4.69, 9.17) is 28.5 Å². The van der Waals surface area contributed by atoms with E-state index in [0.717, 1.165) is 4.70 Å². The quantitative estimate of drug-likeness (QED) is 0.693. The first-order valence-corrected chi connectivity index (χ1v) is 4.93. The lowest BCUT2D eigenvalue weighted by Gasteiger charge is -1.92. The summed E-state index contributed by atoms with van der Waals surface area (Å²) in [6.07, 6.45) is 0. The van der Waals surface area contributed by atoms with Crippen molar-refractivity contribution in [2.45, 2.75) is 0 Å². The van der Waals surface area contributed by atoms with Crippen molar-refractivity contribution >= 4 is 44.8 Å². The Balaban J connectivity index is 2.84. The van der Waals surface area contributed by atoms with Gasteiger partial charge in [0.25, 0.3) is 0 Å². The fourth-order valence-corrected chi connectivity index (χ4v) is 2.49. The average Bonchev–Trinajstić information content (AvgIpc) is 2.47. The largest absolute Gasteiger partial charge is 0.224 e. The fourth-order valence-electron chi connectivity index (χ4n) is 1.01. The lowest BCUT2D eigenvalue weighted by atomic mass is 10.3. The Hall–Kier alpha value is -0.820. The molecule has 0 amide bonds. The van der Waals surface area contributed by atoms with Crippen molar-refractivity contribution in [3.05, 3.63) is 27.2 Å². The van der Waals surface area contributed by atoms with Crippen LogP contribution in [0.15, 0.2) is 12.1 Å². The van der Waals surface area contributed by atoms with Gasteiger partial charge in [0, 0.05) is 5.02 Å². The summed E-state index contributed by atoms with van der Waals surface area (Å²) in [6.45, 7) is 0. The van der Waals surface area contributed by atoms with Crippen LogP contribution >= 0.6 is 34.5 Å². The van der Waals surface area contributed by atoms with Crippen LogP contribution in [-0.4, -0.2) is 4.98 Å². The van der Waals surface area contributed by atoms with Crippen molar-refractivity contribution in [2.75, 3.05) is 0 Å². The Labute approximate surface area is 88.3 Å². The first-order valence-electron chi connectivity index (χ1n) is 3.36. The van der Waals surface area contributed by atoms with Crippen molar-refractivity contribution < 1.29 is 0 Å². The molecule has 0 aliphatic rings. The van der Waals surface area contributed by atoms with Gasteiger partial charge in [-0.1, -0.05) is 23.2 Å². The summed E-state index contributed by atoms with van der Waals surface area (Å²) in [5.74, 6) is 0. The molecule has 2 aromatic rings. The third-order valence-corrected chi connectivity index (χ3v) is 2.92. The number of fused-ring (bicyclic) bond motifs is 1. The monoisotopic (exact) mass is 228 g/mol. The predicted octanol–water partition coefficient (Wildman–Crippen LogP) is 3.47. The number of benzene rings is 1. The van der Waals surface area contributed by atoms with Gasteiger partial charge in [-0.25, -0.2) is 4.98 Å². The zero-order chi connectivity index (χ0) is 9.42. The van der Waals surface area contributed by atoms with Gasteiger partial charge in [-0.05, 0) is 12.1 Å². The summed E-state index contributed by atoms with van der Waals surface area (Å²) in [4.78, 5) is 4.04. The molecule has 13 heavy (non-hydrogen) atoms. The van der Waals surface area contributed by atoms with E-state index in [1.807, 2.05) is 6.07 Å².